The van der Waals surface area contributed by atoms with Crippen LogP contribution in [0.4, 0.5) is 0 Å². The number of benzene rings is 2. The normalized spacial score (nSPS) is 9.82. The van der Waals surface area contributed by atoms with Crippen molar-refractivity contribution in [2.75, 3.05) is 0 Å². The molecule has 0 atom stereocenters. The van der Waals surface area contributed by atoms with E-state index in [4.69, 9.17) is 15.1 Å². The Morgan fingerprint density at radius 2 is 1.91 bits per heavy atom. The topological polar surface area (TPSA) is 87.4 Å². The minimum atomic E-state index is -1.19. The van der Waals surface area contributed by atoms with E-state index in [9.17, 15) is 9.59 Å². The third-order valence-corrected chi connectivity index (χ3v) is 3.13. The minimum absolute atomic E-state index is 0.0985. The second kappa shape index (κ2) is 6.55. The van der Waals surface area contributed by atoms with Crippen molar-refractivity contribution in [1.29, 1.82) is 5.26 Å². The molecule has 1 N–H and O–H groups in total. The summed E-state index contributed by atoms with van der Waals surface area (Å²) in [5, 5.41) is 18.2. The summed E-state index contributed by atoms with van der Waals surface area (Å²) in [6, 6.07) is 13.3. The fourth-order valence-corrected chi connectivity index (χ4v) is 2.01. The van der Waals surface area contributed by atoms with Crippen molar-refractivity contribution in [3.8, 4) is 11.8 Å². The number of hydrogen-bond acceptors (Lipinski definition) is 4. The molecule has 2 aromatic carbocycles. The van der Waals surface area contributed by atoms with E-state index >= 15 is 0 Å². The number of nitrogens with zero attached hydrogens (tertiary/aromatic N) is 1. The van der Waals surface area contributed by atoms with Gasteiger partial charge in [-0.3, -0.25) is 4.79 Å². The van der Waals surface area contributed by atoms with Crippen LogP contribution < -0.4 is 4.74 Å². The number of ether oxygens (including phenoxy) is 1. The second-order valence-corrected chi connectivity index (χ2v) is 4.63. The molecule has 0 aliphatic carbocycles. The van der Waals surface area contributed by atoms with Crippen LogP contribution in [0.3, 0.4) is 0 Å². The van der Waals surface area contributed by atoms with Gasteiger partial charge < -0.3 is 9.84 Å². The fraction of sp³-hybridized carbons (Fsp3) is 0.118. The third kappa shape index (κ3) is 3.30. The lowest BCUT2D eigenvalue weighted by atomic mass is 10.0. The molecule has 0 heterocycles. The Bertz CT molecular complexity index is 774. The summed E-state index contributed by atoms with van der Waals surface area (Å²) < 4.78 is 5.53. The summed E-state index contributed by atoms with van der Waals surface area (Å²) in [5.74, 6) is -1.18. The Labute approximate surface area is 127 Å². The highest BCUT2D eigenvalue weighted by molar-refractivity contribution is 6.05. The average Bonchev–Trinajstić information content (AvgIpc) is 2.52. The fourth-order valence-electron chi connectivity index (χ4n) is 2.01. The van der Waals surface area contributed by atoms with Crippen molar-refractivity contribution in [3.05, 3.63) is 64.7 Å². The SMILES string of the molecule is CC(=O)c1ccc(OCc2ccccc2C#N)cc1C(=O)O. The molecule has 0 saturated carbocycles. The average molecular weight is 295 g/mol. The van der Waals surface area contributed by atoms with Crippen LogP contribution in [0.1, 0.15) is 38.8 Å². The molecule has 110 valence electrons. The molecular formula is C17H13NO4. The van der Waals surface area contributed by atoms with Crippen LogP contribution in [0.2, 0.25) is 0 Å². The number of hydrogen-bond donors (Lipinski definition) is 1. The number of rotatable bonds is 5. The Hall–Kier alpha value is -3.13. The quantitative estimate of drug-likeness (QED) is 0.856. The predicted molar refractivity (Wildman–Crippen MR) is 78.9 cm³/mol. The van der Waals surface area contributed by atoms with Crippen molar-refractivity contribution in [3.63, 3.8) is 0 Å². The van der Waals surface area contributed by atoms with Crippen LogP contribution in [-0.2, 0) is 6.61 Å². The van der Waals surface area contributed by atoms with E-state index in [1.54, 1.807) is 24.3 Å². The van der Waals surface area contributed by atoms with E-state index in [0.29, 0.717) is 16.9 Å². The molecule has 2 rings (SSSR count). The van der Waals surface area contributed by atoms with Gasteiger partial charge in [-0.25, -0.2) is 4.79 Å². The maximum atomic E-state index is 11.4. The Kier molecular flexibility index (Phi) is 4.54. The lowest BCUT2D eigenvalue weighted by molar-refractivity contribution is 0.0691. The highest BCUT2D eigenvalue weighted by atomic mass is 16.5. The molecular weight excluding hydrogens is 282 g/mol. The molecule has 0 aliphatic heterocycles. The zero-order chi connectivity index (χ0) is 16.1. The molecule has 0 amide bonds. The van der Waals surface area contributed by atoms with Crippen molar-refractivity contribution in [1.82, 2.24) is 0 Å². The summed E-state index contributed by atoms with van der Waals surface area (Å²) in [7, 11) is 0. The standard InChI is InChI=1S/C17H13NO4/c1-11(19)15-7-6-14(8-16(15)17(20)21)22-10-13-5-3-2-4-12(13)9-18/h2-8H,10H2,1H3,(H,20,21). The molecule has 0 fully saturated rings. The monoisotopic (exact) mass is 295 g/mol. The van der Waals surface area contributed by atoms with Gasteiger partial charge in [0.1, 0.15) is 12.4 Å². The Morgan fingerprint density at radius 1 is 1.18 bits per heavy atom. The first kappa shape index (κ1) is 15.3. The van der Waals surface area contributed by atoms with Crippen molar-refractivity contribution < 1.29 is 19.4 Å². The lowest BCUT2D eigenvalue weighted by Gasteiger charge is -2.10. The molecule has 0 spiro atoms. The van der Waals surface area contributed by atoms with Gasteiger partial charge in [-0.2, -0.15) is 5.26 Å². The molecule has 22 heavy (non-hydrogen) atoms. The number of aromatic carboxylic acids is 1. The van der Waals surface area contributed by atoms with E-state index < -0.39 is 5.97 Å². The van der Waals surface area contributed by atoms with Crippen LogP contribution in [0.15, 0.2) is 42.5 Å². The van der Waals surface area contributed by atoms with Gasteiger partial charge in [0.15, 0.2) is 5.78 Å². The maximum absolute atomic E-state index is 11.4. The molecule has 0 radical (unpaired) electrons. The van der Waals surface area contributed by atoms with Gasteiger partial charge in [0, 0.05) is 11.1 Å². The number of nitriles is 1. The largest absolute Gasteiger partial charge is 0.489 e. The number of carbonyl (C=O) groups excluding carboxylic acids is 1. The van der Waals surface area contributed by atoms with Gasteiger partial charge >= 0.3 is 5.97 Å². The zero-order valence-corrected chi connectivity index (χ0v) is 11.9. The molecule has 0 aromatic heterocycles. The van der Waals surface area contributed by atoms with E-state index in [1.807, 2.05) is 0 Å². The van der Waals surface area contributed by atoms with Crippen LogP contribution in [-0.4, -0.2) is 16.9 Å². The summed E-state index contributed by atoms with van der Waals surface area (Å²) in [4.78, 5) is 22.6. The first-order chi connectivity index (χ1) is 10.5. The predicted octanol–water partition coefficient (Wildman–Crippen LogP) is 3.04. The Balaban J connectivity index is 2.24. The number of ketones is 1. The molecule has 5 nitrogen and oxygen atoms in total. The zero-order valence-electron chi connectivity index (χ0n) is 11.9. The Morgan fingerprint density at radius 3 is 2.55 bits per heavy atom. The van der Waals surface area contributed by atoms with Gasteiger partial charge in [0.25, 0.3) is 0 Å². The third-order valence-electron chi connectivity index (χ3n) is 3.13. The van der Waals surface area contributed by atoms with E-state index in [-0.39, 0.29) is 23.5 Å². The highest BCUT2D eigenvalue weighted by Crippen LogP contribution is 2.20. The van der Waals surface area contributed by atoms with Crippen molar-refractivity contribution in [2.24, 2.45) is 0 Å². The van der Waals surface area contributed by atoms with E-state index in [2.05, 4.69) is 6.07 Å². The van der Waals surface area contributed by atoms with Gasteiger partial charge in [-0.1, -0.05) is 18.2 Å². The number of carbonyl (C=O) groups is 2. The summed E-state index contributed by atoms with van der Waals surface area (Å²) in [5.41, 5.74) is 1.25. The molecule has 0 unspecified atom stereocenters. The van der Waals surface area contributed by atoms with E-state index in [1.165, 1.54) is 25.1 Å². The van der Waals surface area contributed by atoms with Crippen molar-refractivity contribution in [2.45, 2.75) is 13.5 Å². The number of carboxylic acid groups (broad SMARTS) is 1. The van der Waals surface area contributed by atoms with Crippen LogP contribution in [0.5, 0.6) is 5.75 Å². The summed E-state index contributed by atoms with van der Waals surface area (Å²) in [6.45, 7) is 1.45. The van der Waals surface area contributed by atoms with Crippen LogP contribution >= 0.6 is 0 Å². The first-order valence-electron chi connectivity index (χ1n) is 6.52. The minimum Gasteiger partial charge on any atom is -0.489 e. The molecule has 0 aliphatic rings. The summed E-state index contributed by atoms with van der Waals surface area (Å²) in [6.07, 6.45) is 0. The second-order valence-electron chi connectivity index (χ2n) is 4.63. The molecule has 5 heteroatoms. The number of carboxylic acids is 1. The summed E-state index contributed by atoms with van der Waals surface area (Å²) >= 11 is 0. The van der Waals surface area contributed by atoms with Gasteiger partial charge in [-0.05, 0) is 31.2 Å². The first-order valence-corrected chi connectivity index (χ1v) is 6.52. The van der Waals surface area contributed by atoms with Crippen LogP contribution in [0, 0.1) is 11.3 Å². The van der Waals surface area contributed by atoms with Gasteiger partial charge in [-0.15, -0.1) is 0 Å². The van der Waals surface area contributed by atoms with Crippen molar-refractivity contribution >= 4 is 11.8 Å². The van der Waals surface area contributed by atoms with Gasteiger partial charge in [0.05, 0.1) is 17.2 Å². The highest BCUT2D eigenvalue weighted by Gasteiger charge is 2.15. The maximum Gasteiger partial charge on any atom is 0.336 e. The van der Waals surface area contributed by atoms with Gasteiger partial charge in [0.2, 0.25) is 0 Å². The molecule has 0 saturated heterocycles. The smallest absolute Gasteiger partial charge is 0.336 e. The van der Waals surface area contributed by atoms with E-state index in [0.717, 1.165) is 0 Å². The number of Topliss-reactive ketones (excluding diaryl/α,β-unsaturated/α-hetero) is 1. The molecule has 2 aromatic rings. The molecule has 0 bridgehead atoms. The van der Waals surface area contributed by atoms with Crippen LogP contribution in [0.25, 0.3) is 0 Å². The lowest BCUT2D eigenvalue weighted by Crippen LogP contribution is -2.07.